The molecule has 1 aromatic carbocycles. The summed E-state index contributed by atoms with van der Waals surface area (Å²) in [6.07, 6.45) is 5.96. The van der Waals surface area contributed by atoms with E-state index in [2.05, 4.69) is 20.7 Å². The lowest BCUT2D eigenvalue weighted by atomic mass is 10.2. The van der Waals surface area contributed by atoms with E-state index in [-0.39, 0.29) is 30.1 Å². The Morgan fingerprint density at radius 3 is 2.74 bits per heavy atom. The van der Waals surface area contributed by atoms with E-state index in [0.717, 1.165) is 36.8 Å². The van der Waals surface area contributed by atoms with Crippen LogP contribution in [0.25, 0.3) is 0 Å². The largest absolute Gasteiger partial charge is 0.497 e. The summed E-state index contributed by atoms with van der Waals surface area (Å²) in [6, 6.07) is 7.61. The fourth-order valence-electron chi connectivity index (χ4n) is 2.51. The quantitative estimate of drug-likeness (QED) is 0.246. The van der Waals surface area contributed by atoms with Crippen LogP contribution in [0.5, 0.6) is 11.5 Å². The number of aromatic nitrogens is 2. The fraction of sp³-hybridized carbons (Fsp3) is 0.474. The molecule has 27 heavy (non-hydrogen) atoms. The smallest absolute Gasteiger partial charge is 0.191 e. The van der Waals surface area contributed by atoms with Crippen molar-refractivity contribution in [1.82, 2.24) is 20.4 Å². The summed E-state index contributed by atoms with van der Waals surface area (Å²) in [6.45, 7) is 3.52. The molecule has 0 saturated heterocycles. The van der Waals surface area contributed by atoms with Gasteiger partial charge >= 0.3 is 0 Å². The number of hydrogen-bond acceptors (Lipinski definition) is 4. The molecule has 0 spiro atoms. The number of ether oxygens (including phenoxy) is 2. The number of aryl methyl sites for hydroxylation is 2. The first-order valence-corrected chi connectivity index (χ1v) is 8.83. The minimum Gasteiger partial charge on any atom is -0.497 e. The molecule has 2 rings (SSSR count). The number of rotatable bonds is 9. The highest BCUT2D eigenvalue weighted by atomic mass is 127. The predicted molar refractivity (Wildman–Crippen MR) is 119 cm³/mol. The molecule has 0 saturated carbocycles. The number of halogens is 1. The standard InChI is InChI=1S/C19H29N5O2.HI/c1-15(26-18-9-5-8-17(11-18)25-4)12-22-19(20-2)21-10-6-7-16-13-23-24(3)14-16;/h5,8-9,11,13-15H,6-7,10,12H2,1-4H3,(H2,20,21,22);1H. The van der Waals surface area contributed by atoms with Crippen LogP contribution >= 0.6 is 24.0 Å². The maximum Gasteiger partial charge on any atom is 0.191 e. The van der Waals surface area contributed by atoms with Crippen LogP contribution in [0.15, 0.2) is 41.7 Å². The van der Waals surface area contributed by atoms with Gasteiger partial charge in [0.25, 0.3) is 0 Å². The lowest BCUT2D eigenvalue weighted by Crippen LogP contribution is -2.42. The Morgan fingerprint density at radius 2 is 2.07 bits per heavy atom. The van der Waals surface area contributed by atoms with Crippen molar-refractivity contribution in [3.8, 4) is 11.5 Å². The van der Waals surface area contributed by atoms with Crippen LogP contribution in [0.3, 0.4) is 0 Å². The molecule has 7 nitrogen and oxygen atoms in total. The van der Waals surface area contributed by atoms with E-state index in [1.165, 1.54) is 5.56 Å². The van der Waals surface area contributed by atoms with Crippen molar-refractivity contribution in [2.75, 3.05) is 27.2 Å². The van der Waals surface area contributed by atoms with Crippen molar-refractivity contribution >= 4 is 29.9 Å². The van der Waals surface area contributed by atoms with Crippen LogP contribution < -0.4 is 20.1 Å². The number of benzene rings is 1. The highest BCUT2D eigenvalue weighted by Gasteiger charge is 2.06. The van der Waals surface area contributed by atoms with Crippen molar-refractivity contribution in [1.29, 1.82) is 0 Å². The van der Waals surface area contributed by atoms with E-state index in [4.69, 9.17) is 9.47 Å². The third-order valence-corrected chi connectivity index (χ3v) is 3.85. The third kappa shape index (κ3) is 8.51. The Bertz CT molecular complexity index is 705. The SMILES string of the molecule is CN=C(NCCCc1cnn(C)c1)NCC(C)Oc1cccc(OC)c1.I. The lowest BCUT2D eigenvalue weighted by molar-refractivity contribution is 0.223. The molecule has 1 unspecified atom stereocenters. The second-order valence-corrected chi connectivity index (χ2v) is 6.11. The van der Waals surface area contributed by atoms with Crippen molar-refractivity contribution in [3.05, 3.63) is 42.2 Å². The van der Waals surface area contributed by atoms with Crippen molar-refractivity contribution < 1.29 is 9.47 Å². The molecule has 1 atom stereocenters. The molecule has 0 radical (unpaired) electrons. The normalized spacial score (nSPS) is 12.1. The first kappa shape index (κ1) is 23.1. The van der Waals surface area contributed by atoms with Crippen LogP contribution in [0, 0.1) is 0 Å². The Balaban J connectivity index is 0.00000364. The second kappa shape index (κ2) is 12.4. The van der Waals surface area contributed by atoms with Gasteiger partial charge in [-0.2, -0.15) is 5.10 Å². The molecule has 1 heterocycles. The maximum absolute atomic E-state index is 5.90. The van der Waals surface area contributed by atoms with Gasteiger partial charge in [0, 0.05) is 32.9 Å². The average Bonchev–Trinajstić information content (AvgIpc) is 3.06. The minimum absolute atomic E-state index is 0. The van der Waals surface area contributed by atoms with Gasteiger partial charge in [0.15, 0.2) is 5.96 Å². The monoisotopic (exact) mass is 487 g/mol. The minimum atomic E-state index is -0.00366. The first-order valence-electron chi connectivity index (χ1n) is 8.83. The molecular weight excluding hydrogens is 457 g/mol. The van der Waals surface area contributed by atoms with Crippen molar-refractivity contribution in [2.45, 2.75) is 25.9 Å². The highest BCUT2D eigenvalue weighted by molar-refractivity contribution is 14.0. The molecule has 0 bridgehead atoms. The van der Waals surface area contributed by atoms with E-state index in [9.17, 15) is 0 Å². The zero-order valence-corrected chi connectivity index (χ0v) is 18.8. The molecular formula is C19H30IN5O2. The first-order chi connectivity index (χ1) is 12.6. The number of nitrogens with one attached hydrogen (secondary N) is 2. The number of aliphatic imine (C=N–C) groups is 1. The Labute approximate surface area is 178 Å². The summed E-state index contributed by atoms with van der Waals surface area (Å²) < 4.78 is 12.9. The molecule has 1 aromatic heterocycles. The molecule has 0 amide bonds. The van der Waals surface area contributed by atoms with Crippen molar-refractivity contribution in [2.24, 2.45) is 12.0 Å². The van der Waals surface area contributed by atoms with E-state index in [0.29, 0.717) is 6.54 Å². The summed E-state index contributed by atoms with van der Waals surface area (Å²) >= 11 is 0. The topological polar surface area (TPSA) is 72.7 Å². The molecule has 150 valence electrons. The average molecular weight is 487 g/mol. The van der Waals surface area contributed by atoms with Gasteiger partial charge in [-0.05, 0) is 37.5 Å². The number of nitrogens with zero attached hydrogens (tertiary/aromatic N) is 3. The number of methoxy groups -OCH3 is 1. The molecule has 8 heteroatoms. The molecule has 0 aliphatic heterocycles. The summed E-state index contributed by atoms with van der Waals surface area (Å²) in [7, 11) is 5.35. The van der Waals surface area contributed by atoms with Crippen LogP contribution in [0.1, 0.15) is 18.9 Å². The van der Waals surface area contributed by atoms with Gasteiger partial charge in [-0.25, -0.2) is 0 Å². The zero-order valence-electron chi connectivity index (χ0n) is 16.4. The maximum atomic E-state index is 5.90. The van der Waals surface area contributed by atoms with E-state index >= 15 is 0 Å². The molecule has 2 aromatic rings. The van der Waals surface area contributed by atoms with Gasteiger partial charge in [0.1, 0.15) is 17.6 Å². The molecule has 2 N–H and O–H groups in total. The fourth-order valence-corrected chi connectivity index (χ4v) is 2.51. The van der Waals surface area contributed by atoms with Gasteiger partial charge < -0.3 is 20.1 Å². The van der Waals surface area contributed by atoms with Gasteiger partial charge in [-0.15, -0.1) is 24.0 Å². The number of hydrogen-bond donors (Lipinski definition) is 2. The van der Waals surface area contributed by atoms with Crippen LogP contribution in [-0.2, 0) is 13.5 Å². The molecule has 0 aliphatic carbocycles. The summed E-state index contributed by atoms with van der Waals surface area (Å²) in [4.78, 5) is 4.25. The van der Waals surface area contributed by atoms with Crippen LogP contribution in [0.2, 0.25) is 0 Å². The van der Waals surface area contributed by atoms with E-state index in [1.54, 1.807) is 14.2 Å². The Hall–Kier alpha value is -1.97. The summed E-state index contributed by atoms with van der Waals surface area (Å²) in [5.41, 5.74) is 1.25. The van der Waals surface area contributed by atoms with E-state index < -0.39 is 0 Å². The molecule has 0 aliphatic rings. The number of guanidine groups is 1. The zero-order chi connectivity index (χ0) is 18.8. The lowest BCUT2D eigenvalue weighted by Gasteiger charge is -2.18. The third-order valence-electron chi connectivity index (χ3n) is 3.85. The van der Waals surface area contributed by atoms with Crippen LogP contribution in [-0.4, -0.2) is 49.1 Å². The molecule has 0 fully saturated rings. The van der Waals surface area contributed by atoms with Gasteiger partial charge in [0.2, 0.25) is 0 Å². The van der Waals surface area contributed by atoms with Gasteiger partial charge in [-0.3, -0.25) is 9.67 Å². The summed E-state index contributed by atoms with van der Waals surface area (Å²) in [5, 5.41) is 10.8. The second-order valence-electron chi connectivity index (χ2n) is 6.11. The highest BCUT2D eigenvalue weighted by Crippen LogP contribution is 2.19. The van der Waals surface area contributed by atoms with Crippen LogP contribution in [0.4, 0.5) is 0 Å². The predicted octanol–water partition coefficient (Wildman–Crippen LogP) is 2.61. The van der Waals surface area contributed by atoms with Gasteiger partial charge in [0.05, 0.1) is 19.9 Å². The summed E-state index contributed by atoms with van der Waals surface area (Å²) in [5.74, 6) is 2.35. The van der Waals surface area contributed by atoms with E-state index in [1.807, 2.05) is 55.3 Å². The Morgan fingerprint density at radius 1 is 1.30 bits per heavy atom. The van der Waals surface area contributed by atoms with Gasteiger partial charge in [-0.1, -0.05) is 6.07 Å². The van der Waals surface area contributed by atoms with Crippen molar-refractivity contribution in [3.63, 3.8) is 0 Å². The Kier molecular flexibility index (Phi) is 10.6.